The van der Waals surface area contributed by atoms with Crippen molar-refractivity contribution < 1.29 is 4.79 Å². The smallest absolute Gasteiger partial charge is 0.267 e. The van der Waals surface area contributed by atoms with Gasteiger partial charge in [0.2, 0.25) is 5.13 Å². The van der Waals surface area contributed by atoms with E-state index in [0.29, 0.717) is 10.7 Å². The Morgan fingerprint density at radius 2 is 1.84 bits per heavy atom. The fraction of sp³-hybridized carbons (Fsp3) is 0.0435. The Morgan fingerprint density at radius 3 is 2.68 bits per heavy atom. The molecular formula is C23H15BrN4OS2. The standard InChI is InChI=1S/C23H15BrN4OS2/c1-14-2-4-15(5-3-14)12-26-28(23-27-19-9-7-17(24)11-21(19)31-23)22(29)16-6-8-18-20(10-16)30-13-25-18/h2-13H,1H3/b26-12+. The highest BCUT2D eigenvalue weighted by atomic mass is 79.9. The minimum Gasteiger partial charge on any atom is -0.267 e. The lowest BCUT2D eigenvalue weighted by molar-refractivity contribution is 0.0988. The van der Waals surface area contributed by atoms with Gasteiger partial charge in [0.05, 0.1) is 32.2 Å². The van der Waals surface area contributed by atoms with E-state index in [-0.39, 0.29) is 5.91 Å². The molecule has 0 radical (unpaired) electrons. The fourth-order valence-corrected chi connectivity index (χ4v) is 5.24. The van der Waals surface area contributed by atoms with Gasteiger partial charge in [-0.1, -0.05) is 57.1 Å². The molecular weight excluding hydrogens is 492 g/mol. The Balaban J connectivity index is 1.57. The van der Waals surface area contributed by atoms with E-state index in [1.807, 2.05) is 61.5 Å². The Bertz CT molecular complexity index is 1440. The van der Waals surface area contributed by atoms with E-state index in [4.69, 9.17) is 0 Å². The summed E-state index contributed by atoms with van der Waals surface area (Å²) in [5, 5.41) is 6.43. The Hall–Kier alpha value is -2.94. The van der Waals surface area contributed by atoms with Gasteiger partial charge in [-0.25, -0.2) is 9.97 Å². The summed E-state index contributed by atoms with van der Waals surface area (Å²) in [7, 11) is 0. The van der Waals surface area contributed by atoms with Gasteiger partial charge in [-0.3, -0.25) is 4.79 Å². The molecule has 0 fully saturated rings. The second-order valence-corrected chi connectivity index (χ2v) is 9.73. The molecule has 5 nitrogen and oxygen atoms in total. The molecule has 152 valence electrons. The van der Waals surface area contributed by atoms with E-state index in [2.05, 4.69) is 31.0 Å². The second-order valence-electron chi connectivity index (χ2n) is 6.92. The number of benzene rings is 3. The van der Waals surface area contributed by atoms with Crippen LogP contribution >= 0.6 is 38.6 Å². The van der Waals surface area contributed by atoms with Crippen LogP contribution in [0.15, 0.2) is 75.7 Å². The molecule has 31 heavy (non-hydrogen) atoms. The van der Waals surface area contributed by atoms with Crippen LogP contribution < -0.4 is 5.01 Å². The number of aromatic nitrogens is 2. The average molecular weight is 507 g/mol. The maximum atomic E-state index is 13.5. The van der Waals surface area contributed by atoms with Gasteiger partial charge < -0.3 is 0 Å². The molecule has 0 aliphatic rings. The van der Waals surface area contributed by atoms with Crippen molar-refractivity contribution in [1.82, 2.24) is 9.97 Å². The number of hydrogen-bond acceptors (Lipinski definition) is 6. The van der Waals surface area contributed by atoms with Crippen LogP contribution in [0, 0.1) is 6.92 Å². The van der Waals surface area contributed by atoms with E-state index in [1.165, 1.54) is 33.2 Å². The average Bonchev–Trinajstić information content (AvgIpc) is 3.40. The van der Waals surface area contributed by atoms with Gasteiger partial charge >= 0.3 is 0 Å². The zero-order valence-electron chi connectivity index (χ0n) is 16.3. The predicted octanol–water partition coefficient (Wildman–Crippen LogP) is 6.66. The van der Waals surface area contributed by atoms with Crippen LogP contribution in [0.25, 0.3) is 20.4 Å². The van der Waals surface area contributed by atoms with Crippen LogP contribution in [0.5, 0.6) is 0 Å². The van der Waals surface area contributed by atoms with Crippen LogP contribution in [0.1, 0.15) is 21.5 Å². The summed E-state index contributed by atoms with van der Waals surface area (Å²) in [6.45, 7) is 2.03. The van der Waals surface area contributed by atoms with Gasteiger partial charge in [0.1, 0.15) is 0 Å². The summed E-state index contributed by atoms with van der Waals surface area (Å²) in [4.78, 5) is 22.4. The fourth-order valence-electron chi connectivity index (χ4n) is 3.05. The number of carbonyl (C=O) groups is 1. The molecule has 0 aliphatic heterocycles. The third-order valence-corrected chi connectivity index (χ3v) is 6.97. The summed E-state index contributed by atoms with van der Waals surface area (Å²) in [5.41, 5.74) is 6.09. The highest BCUT2D eigenvalue weighted by Gasteiger charge is 2.21. The molecule has 0 bridgehead atoms. The maximum absolute atomic E-state index is 13.5. The van der Waals surface area contributed by atoms with Gasteiger partial charge in [0.15, 0.2) is 0 Å². The largest absolute Gasteiger partial charge is 0.280 e. The molecule has 2 aromatic heterocycles. The van der Waals surface area contributed by atoms with Crippen LogP contribution in [-0.2, 0) is 0 Å². The molecule has 1 amide bonds. The lowest BCUT2D eigenvalue weighted by Gasteiger charge is -2.14. The molecule has 0 saturated carbocycles. The lowest BCUT2D eigenvalue weighted by atomic mass is 10.2. The van der Waals surface area contributed by atoms with Gasteiger partial charge in [-0.15, -0.1) is 11.3 Å². The first-order valence-corrected chi connectivity index (χ1v) is 11.9. The van der Waals surface area contributed by atoms with Crippen molar-refractivity contribution in [1.29, 1.82) is 0 Å². The minimum absolute atomic E-state index is 0.239. The van der Waals surface area contributed by atoms with Crippen molar-refractivity contribution in [2.45, 2.75) is 6.92 Å². The number of anilines is 1. The Kier molecular flexibility index (Phi) is 5.35. The molecule has 3 aromatic carbocycles. The van der Waals surface area contributed by atoms with Crippen molar-refractivity contribution in [2.24, 2.45) is 5.10 Å². The van der Waals surface area contributed by atoms with Crippen molar-refractivity contribution in [3.05, 3.63) is 87.3 Å². The molecule has 5 aromatic rings. The van der Waals surface area contributed by atoms with Crippen molar-refractivity contribution in [3.63, 3.8) is 0 Å². The first kappa shape index (κ1) is 20.0. The SMILES string of the molecule is Cc1ccc(/C=N/N(C(=O)c2ccc3ncsc3c2)c2nc3ccc(Br)cc3s2)cc1. The van der Waals surface area contributed by atoms with Gasteiger partial charge in [-0.2, -0.15) is 10.1 Å². The van der Waals surface area contributed by atoms with Crippen LogP contribution in [0.2, 0.25) is 0 Å². The quantitative estimate of drug-likeness (QED) is 0.202. The number of fused-ring (bicyclic) bond motifs is 2. The molecule has 0 atom stereocenters. The third-order valence-electron chi connectivity index (χ3n) is 4.69. The molecule has 0 unspecified atom stereocenters. The molecule has 2 heterocycles. The first-order chi connectivity index (χ1) is 15.1. The number of rotatable bonds is 4. The summed E-state index contributed by atoms with van der Waals surface area (Å²) in [6.07, 6.45) is 1.69. The molecule has 8 heteroatoms. The molecule has 0 N–H and O–H groups in total. The second kappa shape index (κ2) is 8.30. The minimum atomic E-state index is -0.239. The Labute approximate surface area is 194 Å². The number of aryl methyl sites for hydroxylation is 1. The number of halogens is 1. The highest BCUT2D eigenvalue weighted by Crippen LogP contribution is 2.32. The van der Waals surface area contributed by atoms with E-state index in [9.17, 15) is 4.79 Å². The van der Waals surface area contributed by atoms with Crippen LogP contribution in [0.3, 0.4) is 0 Å². The number of hydrazone groups is 1. The topological polar surface area (TPSA) is 58.5 Å². The zero-order valence-corrected chi connectivity index (χ0v) is 19.5. The molecule has 0 aliphatic carbocycles. The van der Waals surface area contributed by atoms with Gasteiger partial charge in [0, 0.05) is 10.0 Å². The van der Waals surface area contributed by atoms with E-state index in [0.717, 1.165) is 30.5 Å². The highest BCUT2D eigenvalue weighted by molar-refractivity contribution is 9.10. The molecule has 0 spiro atoms. The van der Waals surface area contributed by atoms with Crippen LogP contribution in [0.4, 0.5) is 5.13 Å². The maximum Gasteiger partial charge on any atom is 0.280 e. The normalized spacial score (nSPS) is 11.5. The number of nitrogens with zero attached hydrogens (tertiary/aromatic N) is 4. The number of amides is 1. The summed E-state index contributed by atoms with van der Waals surface area (Å²) in [6, 6.07) is 19.3. The first-order valence-electron chi connectivity index (χ1n) is 9.41. The molecule has 5 rings (SSSR count). The molecule has 0 saturated heterocycles. The van der Waals surface area contributed by atoms with Crippen molar-refractivity contribution in [3.8, 4) is 0 Å². The van der Waals surface area contributed by atoms with E-state index in [1.54, 1.807) is 17.8 Å². The van der Waals surface area contributed by atoms with Gasteiger partial charge in [0.25, 0.3) is 5.91 Å². The summed E-state index contributed by atoms with van der Waals surface area (Å²) < 4.78 is 2.90. The zero-order chi connectivity index (χ0) is 21.4. The monoisotopic (exact) mass is 506 g/mol. The third kappa shape index (κ3) is 4.14. The van der Waals surface area contributed by atoms with Crippen LogP contribution in [-0.4, -0.2) is 22.1 Å². The van der Waals surface area contributed by atoms with Crippen molar-refractivity contribution in [2.75, 3.05) is 5.01 Å². The van der Waals surface area contributed by atoms with E-state index < -0.39 is 0 Å². The van der Waals surface area contributed by atoms with Gasteiger partial charge in [-0.05, 0) is 48.9 Å². The predicted molar refractivity (Wildman–Crippen MR) is 133 cm³/mol. The number of carbonyl (C=O) groups excluding carboxylic acids is 1. The summed E-state index contributed by atoms with van der Waals surface area (Å²) >= 11 is 6.43. The summed E-state index contributed by atoms with van der Waals surface area (Å²) in [5.74, 6) is -0.239. The number of thiazole rings is 2. The Morgan fingerprint density at radius 1 is 1.03 bits per heavy atom. The number of hydrogen-bond donors (Lipinski definition) is 0. The van der Waals surface area contributed by atoms with Crippen molar-refractivity contribution >= 4 is 76.3 Å². The van der Waals surface area contributed by atoms with E-state index >= 15 is 0 Å². The lowest BCUT2D eigenvalue weighted by Crippen LogP contribution is -2.25.